The fourth-order valence-electron chi connectivity index (χ4n) is 3.28. The zero-order valence-corrected chi connectivity index (χ0v) is 14.9. The summed E-state index contributed by atoms with van der Waals surface area (Å²) in [5.41, 5.74) is 2.82. The molecule has 0 spiro atoms. The normalized spacial score (nSPS) is 18.2. The molecule has 1 atom stereocenters. The third-order valence-electron chi connectivity index (χ3n) is 4.51. The van der Waals surface area contributed by atoms with Gasteiger partial charge in [-0.25, -0.2) is 4.39 Å². The van der Waals surface area contributed by atoms with Crippen LogP contribution in [0.15, 0.2) is 42.5 Å². The van der Waals surface area contributed by atoms with E-state index in [0.717, 1.165) is 28.9 Å². The zero-order chi connectivity index (χ0) is 18.0. The monoisotopic (exact) mass is 341 g/mol. The van der Waals surface area contributed by atoms with Crippen molar-refractivity contribution in [3.63, 3.8) is 0 Å². The Balaban J connectivity index is 1.68. The van der Waals surface area contributed by atoms with Crippen LogP contribution in [0.4, 0.5) is 4.39 Å². The summed E-state index contributed by atoms with van der Waals surface area (Å²) in [6.45, 7) is 6.11. The molecule has 1 heterocycles. The molecule has 0 bridgehead atoms. The number of halogens is 1. The van der Waals surface area contributed by atoms with Crippen LogP contribution >= 0.6 is 0 Å². The number of carbonyl (C=O) groups excluding carboxylic acids is 1. The highest BCUT2D eigenvalue weighted by atomic mass is 19.1. The van der Waals surface area contributed by atoms with Crippen LogP contribution in [0.5, 0.6) is 5.75 Å². The van der Waals surface area contributed by atoms with Crippen LogP contribution in [0.25, 0.3) is 0 Å². The number of carbonyl (C=O) groups is 1. The zero-order valence-electron chi connectivity index (χ0n) is 14.9. The van der Waals surface area contributed by atoms with E-state index in [0.29, 0.717) is 12.8 Å². The van der Waals surface area contributed by atoms with Gasteiger partial charge in [0.25, 0.3) is 0 Å². The summed E-state index contributed by atoms with van der Waals surface area (Å²) >= 11 is 0. The maximum absolute atomic E-state index is 12.9. The van der Waals surface area contributed by atoms with Crippen LogP contribution in [-0.4, -0.2) is 11.5 Å². The highest BCUT2D eigenvalue weighted by Crippen LogP contribution is 2.39. The van der Waals surface area contributed by atoms with E-state index in [2.05, 4.69) is 11.4 Å². The van der Waals surface area contributed by atoms with Crippen LogP contribution < -0.4 is 10.1 Å². The van der Waals surface area contributed by atoms with Crippen molar-refractivity contribution in [1.29, 1.82) is 0 Å². The SMILES string of the molecule is Cc1ccc2c(c1)[C@@H](NC(=O)CCc1ccc(F)cc1)CC(C)(C)O2. The summed E-state index contributed by atoms with van der Waals surface area (Å²) in [5.74, 6) is 0.579. The van der Waals surface area contributed by atoms with Gasteiger partial charge in [0.1, 0.15) is 17.2 Å². The van der Waals surface area contributed by atoms with E-state index in [1.165, 1.54) is 12.1 Å². The molecular formula is C21H24FNO2. The van der Waals surface area contributed by atoms with Gasteiger partial charge < -0.3 is 10.1 Å². The van der Waals surface area contributed by atoms with Gasteiger partial charge in [0, 0.05) is 18.4 Å². The highest BCUT2D eigenvalue weighted by Gasteiger charge is 2.34. The number of fused-ring (bicyclic) bond motifs is 1. The minimum absolute atomic E-state index is 0.000480. The minimum Gasteiger partial charge on any atom is -0.487 e. The first-order valence-corrected chi connectivity index (χ1v) is 8.66. The number of nitrogens with one attached hydrogen (secondary N) is 1. The van der Waals surface area contributed by atoms with Gasteiger partial charge in [0.2, 0.25) is 5.91 Å². The number of ether oxygens (including phenoxy) is 1. The molecule has 3 rings (SSSR count). The lowest BCUT2D eigenvalue weighted by atomic mass is 9.89. The lowest BCUT2D eigenvalue weighted by Crippen LogP contribution is -2.41. The maximum Gasteiger partial charge on any atom is 0.220 e. The van der Waals surface area contributed by atoms with Crippen molar-refractivity contribution in [3.8, 4) is 5.75 Å². The molecule has 3 nitrogen and oxygen atoms in total. The topological polar surface area (TPSA) is 38.3 Å². The summed E-state index contributed by atoms with van der Waals surface area (Å²) in [5, 5.41) is 3.15. The van der Waals surface area contributed by atoms with Gasteiger partial charge >= 0.3 is 0 Å². The van der Waals surface area contributed by atoms with E-state index in [1.54, 1.807) is 12.1 Å². The van der Waals surface area contributed by atoms with E-state index in [4.69, 9.17) is 4.74 Å². The molecule has 0 unspecified atom stereocenters. The van der Waals surface area contributed by atoms with E-state index < -0.39 is 0 Å². The second kappa shape index (κ2) is 6.87. The molecule has 1 N–H and O–H groups in total. The highest BCUT2D eigenvalue weighted by molar-refractivity contribution is 5.77. The molecule has 25 heavy (non-hydrogen) atoms. The van der Waals surface area contributed by atoms with E-state index >= 15 is 0 Å². The van der Waals surface area contributed by atoms with Gasteiger partial charge in [-0.3, -0.25) is 4.79 Å². The van der Waals surface area contributed by atoms with Gasteiger partial charge in [-0.05, 0) is 51.0 Å². The Kier molecular flexibility index (Phi) is 4.80. The summed E-state index contributed by atoms with van der Waals surface area (Å²) in [7, 11) is 0. The first kappa shape index (κ1) is 17.5. The second-order valence-electron chi connectivity index (χ2n) is 7.35. The molecule has 0 fully saturated rings. The Morgan fingerprint density at radius 3 is 2.68 bits per heavy atom. The Labute approximate surface area is 148 Å². The standard InChI is InChI=1S/C21H24FNO2/c1-14-4-10-19-17(12-14)18(13-21(2,3)25-19)23-20(24)11-7-15-5-8-16(22)9-6-15/h4-6,8-10,12,18H,7,11,13H2,1-3H3,(H,23,24)/t18-/m0/s1. The van der Waals surface area contributed by atoms with E-state index in [-0.39, 0.29) is 23.4 Å². The average molecular weight is 341 g/mol. The average Bonchev–Trinajstić information content (AvgIpc) is 2.54. The Bertz CT molecular complexity index is 768. The predicted octanol–water partition coefficient (Wildman–Crippen LogP) is 4.49. The largest absolute Gasteiger partial charge is 0.487 e. The lowest BCUT2D eigenvalue weighted by Gasteiger charge is -2.38. The summed E-state index contributed by atoms with van der Waals surface area (Å²) < 4.78 is 19.0. The quantitative estimate of drug-likeness (QED) is 0.890. The van der Waals surface area contributed by atoms with Crippen molar-refractivity contribution in [2.45, 2.75) is 51.7 Å². The van der Waals surface area contributed by atoms with Gasteiger partial charge in [-0.1, -0.05) is 29.8 Å². The molecule has 1 amide bonds. The first-order valence-electron chi connectivity index (χ1n) is 8.66. The summed E-state index contributed by atoms with van der Waals surface area (Å²) in [4.78, 5) is 12.4. The molecule has 0 saturated carbocycles. The van der Waals surface area contributed by atoms with Crippen LogP contribution in [0, 0.1) is 12.7 Å². The molecular weight excluding hydrogens is 317 g/mol. The molecule has 0 saturated heterocycles. The second-order valence-corrected chi connectivity index (χ2v) is 7.35. The van der Waals surface area contributed by atoms with Crippen molar-refractivity contribution < 1.29 is 13.9 Å². The maximum atomic E-state index is 12.9. The molecule has 0 aliphatic carbocycles. The number of hydrogen-bond acceptors (Lipinski definition) is 2. The third kappa shape index (κ3) is 4.38. The first-order chi connectivity index (χ1) is 11.8. The number of benzene rings is 2. The van der Waals surface area contributed by atoms with Crippen molar-refractivity contribution in [3.05, 3.63) is 65.0 Å². The smallest absolute Gasteiger partial charge is 0.220 e. The number of aryl methyl sites for hydroxylation is 2. The number of rotatable bonds is 4. The predicted molar refractivity (Wildman–Crippen MR) is 96.1 cm³/mol. The molecule has 0 radical (unpaired) electrons. The number of hydrogen-bond donors (Lipinski definition) is 1. The van der Waals surface area contributed by atoms with Crippen LogP contribution in [-0.2, 0) is 11.2 Å². The van der Waals surface area contributed by atoms with E-state index in [9.17, 15) is 9.18 Å². The van der Waals surface area contributed by atoms with Gasteiger partial charge in [-0.2, -0.15) is 0 Å². The molecule has 2 aromatic rings. The Morgan fingerprint density at radius 1 is 1.24 bits per heavy atom. The van der Waals surface area contributed by atoms with Gasteiger partial charge in [0.15, 0.2) is 0 Å². The van der Waals surface area contributed by atoms with Gasteiger partial charge in [0.05, 0.1) is 6.04 Å². The number of amides is 1. The minimum atomic E-state index is -0.322. The molecule has 1 aliphatic heterocycles. The molecule has 0 aromatic heterocycles. The van der Waals surface area contributed by atoms with Crippen molar-refractivity contribution in [1.82, 2.24) is 5.32 Å². The Morgan fingerprint density at radius 2 is 1.96 bits per heavy atom. The fourth-order valence-corrected chi connectivity index (χ4v) is 3.28. The fraction of sp³-hybridized carbons (Fsp3) is 0.381. The van der Waals surface area contributed by atoms with Gasteiger partial charge in [-0.15, -0.1) is 0 Å². The van der Waals surface area contributed by atoms with Crippen LogP contribution in [0.3, 0.4) is 0 Å². The summed E-state index contributed by atoms with van der Waals surface area (Å²) in [6.07, 6.45) is 1.70. The molecule has 4 heteroatoms. The third-order valence-corrected chi connectivity index (χ3v) is 4.51. The van der Waals surface area contributed by atoms with Crippen LogP contribution in [0.2, 0.25) is 0 Å². The Hall–Kier alpha value is -2.36. The molecule has 2 aromatic carbocycles. The van der Waals surface area contributed by atoms with E-state index in [1.807, 2.05) is 32.9 Å². The van der Waals surface area contributed by atoms with Crippen molar-refractivity contribution >= 4 is 5.91 Å². The molecule has 132 valence electrons. The summed E-state index contributed by atoms with van der Waals surface area (Å²) in [6, 6.07) is 12.3. The van der Waals surface area contributed by atoms with Crippen molar-refractivity contribution in [2.75, 3.05) is 0 Å². The van der Waals surface area contributed by atoms with Crippen LogP contribution in [0.1, 0.15) is 49.4 Å². The lowest BCUT2D eigenvalue weighted by molar-refractivity contribution is -0.122. The van der Waals surface area contributed by atoms with Crippen molar-refractivity contribution in [2.24, 2.45) is 0 Å². The molecule has 1 aliphatic rings.